The van der Waals surface area contributed by atoms with Gasteiger partial charge >= 0.3 is 12.5 Å². The fourth-order valence-electron chi connectivity index (χ4n) is 4.14. The number of anilines is 1. The van der Waals surface area contributed by atoms with E-state index in [2.05, 4.69) is 15.1 Å². The number of benzene rings is 2. The van der Waals surface area contributed by atoms with E-state index in [-0.39, 0.29) is 35.6 Å². The Morgan fingerprint density at radius 2 is 1.94 bits per heavy atom. The van der Waals surface area contributed by atoms with Crippen molar-refractivity contribution in [2.24, 2.45) is 0 Å². The fourth-order valence-corrected chi connectivity index (χ4v) is 4.14. The van der Waals surface area contributed by atoms with E-state index in [1.54, 1.807) is 4.90 Å². The number of carbonyl (C=O) groups excluding carboxylic acids is 1. The summed E-state index contributed by atoms with van der Waals surface area (Å²) in [6.07, 6.45) is -2.90. The molecule has 0 bridgehead atoms. The Morgan fingerprint density at radius 1 is 1.16 bits per heavy atom. The summed E-state index contributed by atoms with van der Waals surface area (Å²) in [6, 6.07) is 11.7. The molecule has 3 aromatic rings. The molecule has 3 heterocycles. The zero-order chi connectivity index (χ0) is 22.4. The monoisotopic (exact) mass is 443 g/mol. The number of hydrogen-bond donors (Lipinski definition) is 0. The van der Waals surface area contributed by atoms with Gasteiger partial charge in [0.15, 0.2) is 0 Å². The Balaban J connectivity index is 1.42. The van der Waals surface area contributed by atoms with Crippen LogP contribution in [0, 0.1) is 5.82 Å². The molecule has 0 spiro atoms. The first kappa shape index (κ1) is 20.5. The fraction of sp³-hybridized carbons (Fsp3) is 0.318. The summed E-state index contributed by atoms with van der Waals surface area (Å²) in [5.41, 5.74) is 2.24. The minimum Gasteiger partial charge on any atom is -0.415 e. The van der Waals surface area contributed by atoms with E-state index in [1.165, 1.54) is 12.1 Å². The molecule has 7 nitrogen and oxygen atoms in total. The number of hydrogen-bond acceptors (Lipinski definition) is 5. The van der Waals surface area contributed by atoms with Crippen LogP contribution in [0.3, 0.4) is 0 Å². The number of para-hydroxylation sites is 1. The Hall–Kier alpha value is -3.40. The Labute approximate surface area is 182 Å². The maximum atomic E-state index is 14.9. The van der Waals surface area contributed by atoms with E-state index < -0.39 is 18.1 Å². The Bertz CT molecular complexity index is 1160. The normalized spacial score (nSPS) is 17.1. The molecule has 1 fully saturated rings. The van der Waals surface area contributed by atoms with Gasteiger partial charge in [0.25, 0.3) is 5.89 Å². The van der Waals surface area contributed by atoms with Crippen molar-refractivity contribution < 1.29 is 22.4 Å². The van der Waals surface area contributed by atoms with E-state index in [1.807, 2.05) is 36.2 Å². The first-order valence-electron chi connectivity index (χ1n) is 10.2. The van der Waals surface area contributed by atoms with E-state index >= 15 is 0 Å². The van der Waals surface area contributed by atoms with Gasteiger partial charge in [0.1, 0.15) is 5.82 Å². The number of urea groups is 1. The molecule has 32 heavy (non-hydrogen) atoms. The Morgan fingerprint density at radius 3 is 2.62 bits per heavy atom. The van der Waals surface area contributed by atoms with Crippen LogP contribution in [0.15, 0.2) is 46.9 Å². The van der Waals surface area contributed by atoms with Crippen LogP contribution in [0.4, 0.5) is 23.7 Å². The van der Waals surface area contributed by atoms with Crippen LogP contribution < -0.4 is 4.90 Å². The van der Waals surface area contributed by atoms with Crippen molar-refractivity contribution in [2.45, 2.75) is 25.6 Å². The minimum atomic E-state index is -2.90. The third-order valence-corrected chi connectivity index (χ3v) is 5.84. The lowest BCUT2D eigenvalue weighted by Crippen LogP contribution is -2.62. The number of alkyl halides is 2. The van der Waals surface area contributed by atoms with Crippen molar-refractivity contribution in [3.05, 3.63) is 65.3 Å². The number of fused-ring (bicyclic) bond motifs is 1. The zero-order valence-electron chi connectivity index (χ0n) is 17.2. The third-order valence-electron chi connectivity index (χ3n) is 5.84. The molecule has 2 amide bonds. The van der Waals surface area contributed by atoms with Crippen molar-refractivity contribution in [2.75, 3.05) is 25.0 Å². The second-order valence-electron chi connectivity index (χ2n) is 8.05. The topological polar surface area (TPSA) is 65.7 Å². The van der Waals surface area contributed by atoms with Crippen molar-refractivity contribution in [3.8, 4) is 11.5 Å². The summed E-state index contributed by atoms with van der Waals surface area (Å²) in [6.45, 7) is 2.16. The molecule has 0 saturated carbocycles. The first-order chi connectivity index (χ1) is 15.4. The highest BCUT2D eigenvalue weighted by atomic mass is 19.3. The number of nitrogens with zero attached hydrogens (tertiary/aromatic N) is 5. The highest BCUT2D eigenvalue weighted by Gasteiger charge is 2.38. The zero-order valence-corrected chi connectivity index (χ0v) is 17.2. The molecule has 166 valence electrons. The van der Waals surface area contributed by atoms with Crippen LogP contribution in [-0.4, -0.2) is 52.2 Å². The maximum Gasteiger partial charge on any atom is 0.325 e. The smallest absolute Gasteiger partial charge is 0.325 e. The van der Waals surface area contributed by atoms with Gasteiger partial charge in [0.05, 0.1) is 18.3 Å². The summed E-state index contributed by atoms with van der Waals surface area (Å²) in [4.78, 5) is 18.9. The lowest BCUT2D eigenvalue weighted by Gasteiger charge is -2.47. The summed E-state index contributed by atoms with van der Waals surface area (Å²) >= 11 is 0. The van der Waals surface area contributed by atoms with Crippen molar-refractivity contribution in [1.82, 2.24) is 20.0 Å². The lowest BCUT2D eigenvalue weighted by atomic mass is 10.0. The van der Waals surface area contributed by atoms with Gasteiger partial charge in [-0.15, -0.1) is 10.2 Å². The van der Waals surface area contributed by atoms with E-state index in [9.17, 15) is 18.0 Å². The standard InChI is InChI=1S/C22H20F3N5O2/c1-28-11-16(12-28)29-10-15-4-2-3-5-18(15)30(22(29)31)9-14-7-6-13(8-17(14)23)20-26-27-21(32-20)19(24)25/h2-8,16,19H,9-12H2,1H3. The van der Waals surface area contributed by atoms with E-state index in [4.69, 9.17) is 4.42 Å². The highest BCUT2D eigenvalue weighted by molar-refractivity contribution is 5.95. The maximum absolute atomic E-state index is 14.9. The number of amides is 2. The number of aromatic nitrogens is 2. The van der Waals surface area contributed by atoms with Crippen LogP contribution in [0.25, 0.3) is 11.5 Å². The number of halogens is 3. The van der Waals surface area contributed by atoms with Crippen molar-refractivity contribution in [1.29, 1.82) is 0 Å². The lowest BCUT2D eigenvalue weighted by molar-refractivity contribution is 0.0689. The molecule has 0 aliphatic carbocycles. The minimum absolute atomic E-state index is 0.0349. The summed E-state index contributed by atoms with van der Waals surface area (Å²) in [5, 5.41) is 6.81. The van der Waals surface area contributed by atoms with Gasteiger partial charge in [-0.2, -0.15) is 8.78 Å². The molecule has 0 radical (unpaired) electrons. The highest BCUT2D eigenvalue weighted by Crippen LogP contribution is 2.33. The average Bonchev–Trinajstić information content (AvgIpc) is 3.25. The predicted octanol–water partition coefficient (Wildman–Crippen LogP) is 4.07. The molecule has 1 aromatic heterocycles. The molecule has 2 aromatic carbocycles. The molecule has 0 atom stereocenters. The molecule has 0 N–H and O–H groups in total. The van der Waals surface area contributed by atoms with E-state index in [0.29, 0.717) is 6.54 Å². The van der Waals surface area contributed by atoms with Crippen molar-refractivity contribution >= 4 is 11.7 Å². The van der Waals surface area contributed by atoms with Gasteiger partial charge < -0.3 is 14.2 Å². The molecule has 1 saturated heterocycles. The molecular weight excluding hydrogens is 423 g/mol. The SMILES string of the molecule is CN1CC(N2Cc3ccccc3N(Cc3ccc(-c4nnc(C(F)F)o4)cc3F)C2=O)C1. The van der Waals surface area contributed by atoms with Gasteiger partial charge in [-0.25, -0.2) is 9.18 Å². The van der Waals surface area contributed by atoms with Crippen LogP contribution in [0.2, 0.25) is 0 Å². The summed E-state index contributed by atoms with van der Waals surface area (Å²) in [5.74, 6) is -1.60. The second kappa shape index (κ2) is 7.94. The Kier molecular flexibility index (Phi) is 5.09. The largest absolute Gasteiger partial charge is 0.415 e. The summed E-state index contributed by atoms with van der Waals surface area (Å²) < 4.78 is 45.2. The number of rotatable bonds is 5. The van der Waals surface area contributed by atoms with Crippen molar-refractivity contribution in [3.63, 3.8) is 0 Å². The van der Waals surface area contributed by atoms with Crippen LogP contribution in [0.5, 0.6) is 0 Å². The molecule has 10 heteroatoms. The average molecular weight is 443 g/mol. The van der Waals surface area contributed by atoms with Crippen LogP contribution in [-0.2, 0) is 13.1 Å². The predicted molar refractivity (Wildman–Crippen MR) is 109 cm³/mol. The van der Waals surface area contributed by atoms with Crippen LogP contribution in [0.1, 0.15) is 23.4 Å². The van der Waals surface area contributed by atoms with Crippen LogP contribution >= 0.6 is 0 Å². The first-order valence-corrected chi connectivity index (χ1v) is 10.2. The van der Waals surface area contributed by atoms with Gasteiger partial charge in [-0.05, 0) is 30.8 Å². The molecule has 5 rings (SSSR count). The van der Waals surface area contributed by atoms with Gasteiger partial charge in [0.2, 0.25) is 5.89 Å². The number of carbonyl (C=O) groups is 1. The molecule has 2 aliphatic rings. The number of likely N-dealkylation sites (tertiary alicyclic amines) is 1. The number of likely N-dealkylation sites (N-methyl/N-ethyl adjacent to an activating group) is 1. The third kappa shape index (κ3) is 3.60. The second-order valence-corrected chi connectivity index (χ2v) is 8.05. The van der Waals surface area contributed by atoms with E-state index in [0.717, 1.165) is 30.4 Å². The molecule has 0 unspecified atom stereocenters. The summed E-state index contributed by atoms with van der Waals surface area (Å²) in [7, 11) is 2.00. The van der Waals surface area contributed by atoms with Gasteiger partial charge in [-0.3, -0.25) is 4.90 Å². The quantitative estimate of drug-likeness (QED) is 0.595. The molecular formula is C22H20F3N5O2. The van der Waals surface area contributed by atoms with Gasteiger partial charge in [-0.1, -0.05) is 24.3 Å². The van der Waals surface area contributed by atoms with Gasteiger partial charge in [0, 0.05) is 30.8 Å². The molecule has 2 aliphatic heterocycles.